The smallest absolute Gasteiger partial charge is 0.242 e. The van der Waals surface area contributed by atoms with Gasteiger partial charge in [-0.3, -0.25) is 5.32 Å². The van der Waals surface area contributed by atoms with Gasteiger partial charge in [-0.15, -0.1) is 0 Å². The molecule has 1 aromatic carbocycles. The van der Waals surface area contributed by atoms with Gasteiger partial charge in [0.25, 0.3) is 0 Å². The summed E-state index contributed by atoms with van der Waals surface area (Å²) < 4.78 is 20.1. The van der Waals surface area contributed by atoms with Crippen LogP contribution in [-0.2, 0) is 11.1 Å². The molecule has 0 spiro atoms. The molecule has 3 N–H and O–H groups in total. The van der Waals surface area contributed by atoms with Gasteiger partial charge < -0.3 is 9.87 Å². The highest BCUT2D eigenvalue weighted by Crippen LogP contribution is 2.20. The Morgan fingerprint density at radius 3 is 2.67 bits per heavy atom. The molecule has 0 saturated carbocycles. The molecule has 2 rings (SSSR count). The number of anilines is 3. The summed E-state index contributed by atoms with van der Waals surface area (Å²) in [5, 5.41) is 13.6. The van der Waals surface area contributed by atoms with Gasteiger partial charge in [0.2, 0.25) is 17.2 Å². The number of hydrogen-bond donors (Lipinski definition) is 3. The molecular formula is C11H9ClN6O2S. The van der Waals surface area contributed by atoms with Gasteiger partial charge in [-0.2, -0.15) is 20.2 Å². The first-order chi connectivity index (χ1) is 9.99. The number of aromatic nitrogens is 3. The molecular weight excluding hydrogens is 316 g/mol. The van der Waals surface area contributed by atoms with Gasteiger partial charge in [0, 0.05) is 5.69 Å². The van der Waals surface area contributed by atoms with Gasteiger partial charge in [0.1, 0.15) is 0 Å². The maximum atomic E-state index is 11.1. The standard InChI is InChI=1S/C11H9ClN6O2S/c1-6-4-7(2-3-8(6)21(19)20)15-11-17-9(12)16-10(18-11)14-5-13/h2-4H,1H3,(H,19,20)(H2,14,15,16,17,18). The minimum Gasteiger partial charge on any atom is -0.324 e. The van der Waals surface area contributed by atoms with E-state index >= 15 is 0 Å². The summed E-state index contributed by atoms with van der Waals surface area (Å²) in [5.41, 5.74) is 1.24. The van der Waals surface area contributed by atoms with Crippen molar-refractivity contribution in [1.82, 2.24) is 15.0 Å². The van der Waals surface area contributed by atoms with Crippen LogP contribution in [0.25, 0.3) is 0 Å². The van der Waals surface area contributed by atoms with E-state index in [0.29, 0.717) is 16.1 Å². The highest BCUT2D eigenvalue weighted by atomic mass is 35.5. The Morgan fingerprint density at radius 2 is 2.05 bits per heavy atom. The summed E-state index contributed by atoms with van der Waals surface area (Å²) in [6.45, 7) is 1.71. The van der Waals surface area contributed by atoms with Crippen molar-refractivity contribution in [3.63, 3.8) is 0 Å². The third-order valence-corrected chi connectivity index (χ3v) is 3.40. The van der Waals surface area contributed by atoms with Crippen LogP contribution in [0.5, 0.6) is 0 Å². The number of hydrogen-bond acceptors (Lipinski definition) is 7. The number of aryl methyl sites for hydroxylation is 1. The molecule has 8 nitrogen and oxygen atoms in total. The van der Waals surface area contributed by atoms with E-state index in [0.717, 1.165) is 0 Å². The molecule has 0 aliphatic rings. The SMILES string of the molecule is Cc1cc(Nc2nc(Cl)nc(NC#N)n2)ccc1S(=O)O. The molecule has 21 heavy (non-hydrogen) atoms. The highest BCUT2D eigenvalue weighted by Gasteiger charge is 2.08. The molecule has 2 aromatic rings. The molecule has 108 valence electrons. The van der Waals surface area contributed by atoms with Gasteiger partial charge in [-0.25, -0.2) is 4.21 Å². The van der Waals surface area contributed by atoms with Crippen molar-refractivity contribution >= 4 is 40.3 Å². The highest BCUT2D eigenvalue weighted by molar-refractivity contribution is 7.79. The fraction of sp³-hybridized carbons (Fsp3) is 0.0909. The van der Waals surface area contributed by atoms with E-state index in [1.54, 1.807) is 25.2 Å². The lowest BCUT2D eigenvalue weighted by atomic mass is 10.2. The molecule has 0 fully saturated rings. The van der Waals surface area contributed by atoms with Crippen LogP contribution in [0.2, 0.25) is 5.28 Å². The molecule has 1 aromatic heterocycles. The molecule has 0 radical (unpaired) electrons. The maximum absolute atomic E-state index is 11.1. The lowest BCUT2D eigenvalue weighted by Gasteiger charge is -2.08. The average Bonchev–Trinajstić information content (AvgIpc) is 2.37. The number of benzene rings is 1. The number of halogens is 1. The quantitative estimate of drug-likeness (QED) is 0.443. The molecule has 0 saturated heterocycles. The van der Waals surface area contributed by atoms with E-state index in [-0.39, 0.29) is 17.2 Å². The summed E-state index contributed by atoms with van der Waals surface area (Å²) in [6.07, 6.45) is 1.68. The zero-order valence-corrected chi connectivity index (χ0v) is 12.2. The topological polar surface area (TPSA) is 124 Å². The summed E-state index contributed by atoms with van der Waals surface area (Å²) in [5.74, 6) is 0.162. The monoisotopic (exact) mass is 324 g/mol. The predicted octanol–water partition coefficient (Wildman–Crippen LogP) is 2.05. The molecule has 10 heteroatoms. The van der Waals surface area contributed by atoms with Gasteiger partial charge in [-0.1, -0.05) is 0 Å². The molecule has 1 atom stereocenters. The minimum atomic E-state index is -2.04. The zero-order valence-electron chi connectivity index (χ0n) is 10.7. The average molecular weight is 325 g/mol. The summed E-state index contributed by atoms with van der Waals surface area (Å²) in [4.78, 5) is 11.9. The van der Waals surface area contributed by atoms with Crippen LogP contribution in [0.15, 0.2) is 23.1 Å². The zero-order chi connectivity index (χ0) is 15.4. The van der Waals surface area contributed by atoms with Crippen molar-refractivity contribution in [3.05, 3.63) is 29.0 Å². The largest absolute Gasteiger partial charge is 0.324 e. The van der Waals surface area contributed by atoms with Crippen LogP contribution in [0, 0.1) is 18.4 Å². The number of rotatable bonds is 4. The Balaban J connectivity index is 2.28. The van der Waals surface area contributed by atoms with E-state index in [4.69, 9.17) is 21.4 Å². The van der Waals surface area contributed by atoms with E-state index in [1.165, 1.54) is 6.07 Å². The van der Waals surface area contributed by atoms with Gasteiger partial charge in [-0.05, 0) is 42.3 Å². The lowest BCUT2D eigenvalue weighted by molar-refractivity contribution is 0.564. The van der Waals surface area contributed by atoms with Crippen molar-refractivity contribution < 1.29 is 8.76 Å². The molecule has 0 aliphatic heterocycles. The van der Waals surface area contributed by atoms with Crippen molar-refractivity contribution in [1.29, 1.82) is 5.26 Å². The second kappa shape index (κ2) is 6.45. The number of nitrogens with zero attached hydrogens (tertiary/aromatic N) is 4. The van der Waals surface area contributed by atoms with Gasteiger partial charge in [0.05, 0.1) is 4.90 Å². The fourth-order valence-electron chi connectivity index (χ4n) is 1.56. The Morgan fingerprint density at radius 1 is 1.33 bits per heavy atom. The Kier molecular flexibility index (Phi) is 4.64. The molecule has 0 aliphatic carbocycles. The van der Waals surface area contributed by atoms with Crippen molar-refractivity contribution in [2.24, 2.45) is 0 Å². The van der Waals surface area contributed by atoms with Crippen molar-refractivity contribution in [2.45, 2.75) is 11.8 Å². The van der Waals surface area contributed by atoms with Crippen LogP contribution < -0.4 is 10.6 Å². The molecule has 1 heterocycles. The van der Waals surface area contributed by atoms with Crippen LogP contribution in [0.3, 0.4) is 0 Å². The van der Waals surface area contributed by atoms with Crippen molar-refractivity contribution in [3.8, 4) is 6.19 Å². The van der Waals surface area contributed by atoms with Crippen LogP contribution in [-0.4, -0.2) is 23.7 Å². The second-order valence-electron chi connectivity index (χ2n) is 3.84. The summed E-state index contributed by atoms with van der Waals surface area (Å²) in [6, 6.07) is 4.79. The third-order valence-electron chi connectivity index (χ3n) is 2.40. The first kappa shape index (κ1) is 15.1. The normalized spacial score (nSPS) is 11.5. The van der Waals surface area contributed by atoms with Crippen LogP contribution >= 0.6 is 11.6 Å². The summed E-state index contributed by atoms with van der Waals surface area (Å²) in [7, 11) is 0. The summed E-state index contributed by atoms with van der Waals surface area (Å²) >= 11 is 3.68. The van der Waals surface area contributed by atoms with E-state index in [1.807, 2.05) is 0 Å². The van der Waals surface area contributed by atoms with Gasteiger partial charge >= 0.3 is 0 Å². The maximum Gasteiger partial charge on any atom is 0.242 e. The van der Waals surface area contributed by atoms with Crippen LogP contribution in [0.1, 0.15) is 5.56 Å². The lowest BCUT2D eigenvalue weighted by Crippen LogP contribution is -2.04. The third kappa shape index (κ3) is 3.85. The molecule has 1 unspecified atom stereocenters. The predicted molar refractivity (Wildman–Crippen MR) is 77.6 cm³/mol. The van der Waals surface area contributed by atoms with E-state index < -0.39 is 11.1 Å². The minimum absolute atomic E-state index is 0.0183. The Bertz CT molecular complexity index is 748. The Hall–Kier alpha value is -2.28. The van der Waals surface area contributed by atoms with Crippen molar-refractivity contribution in [2.75, 3.05) is 10.6 Å². The second-order valence-corrected chi connectivity index (χ2v) is 5.12. The number of nitriles is 1. The van der Waals surface area contributed by atoms with Gasteiger partial charge in [0.15, 0.2) is 17.3 Å². The van der Waals surface area contributed by atoms with E-state index in [9.17, 15) is 4.21 Å². The molecule has 0 amide bonds. The fourth-order valence-corrected chi connectivity index (χ4v) is 2.24. The van der Waals surface area contributed by atoms with Crippen LogP contribution in [0.4, 0.5) is 17.6 Å². The molecule has 0 bridgehead atoms. The Labute approximate surface area is 127 Å². The number of nitrogens with one attached hydrogen (secondary N) is 2. The first-order valence-corrected chi connectivity index (χ1v) is 7.03. The van der Waals surface area contributed by atoms with E-state index in [2.05, 4.69) is 25.6 Å². The first-order valence-electron chi connectivity index (χ1n) is 5.55.